The number of rotatable bonds is 6. The van der Waals surface area contributed by atoms with Crippen LogP contribution in [0.5, 0.6) is 5.75 Å². The molecule has 2 heterocycles. The monoisotopic (exact) mass is 433 g/mol. The predicted molar refractivity (Wildman–Crippen MR) is 105 cm³/mol. The number of nitrogens with zero attached hydrogens (tertiary/aromatic N) is 3. The van der Waals surface area contributed by atoms with Crippen LogP contribution >= 0.6 is 11.6 Å². The molecule has 1 amide bonds. The molecule has 0 unspecified atom stereocenters. The maximum Gasteiger partial charge on any atom is 0.262 e. The molecule has 9 nitrogen and oxygen atoms in total. The highest BCUT2D eigenvalue weighted by Gasteiger charge is 2.24. The summed E-state index contributed by atoms with van der Waals surface area (Å²) in [4.78, 5) is 15.2. The Morgan fingerprint density at radius 1 is 1.24 bits per heavy atom. The maximum absolute atomic E-state index is 12.8. The molecule has 0 spiro atoms. The minimum atomic E-state index is -3.92. The van der Waals surface area contributed by atoms with E-state index in [0.717, 1.165) is 11.1 Å². The number of aromatic nitrogens is 3. The molecular formula is C18H16ClN5O4S. The second kappa shape index (κ2) is 7.82. The van der Waals surface area contributed by atoms with E-state index in [0.29, 0.717) is 12.2 Å². The third-order valence-corrected chi connectivity index (χ3v) is 6.19. The molecule has 2 N–H and O–H groups in total. The van der Waals surface area contributed by atoms with E-state index in [1.165, 1.54) is 18.5 Å². The van der Waals surface area contributed by atoms with Gasteiger partial charge in [0.15, 0.2) is 6.61 Å². The fourth-order valence-corrected chi connectivity index (χ4v) is 4.46. The Hall–Kier alpha value is -2.95. The third kappa shape index (κ3) is 4.24. The van der Waals surface area contributed by atoms with Crippen LogP contribution in [-0.4, -0.2) is 35.7 Å². The fraction of sp³-hybridized carbons (Fsp3) is 0.167. The summed E-state index contributed by atoms with van der Waals surface area (Å²) in [5, 5.41) is 6.65. The van der Waals surface area contributed by atoms with Gasteiger partial charge in [0.05, 0.1) is 17.3 Å². The average molecular weight is 434 g/mol. The lowest BCUT2D eigenvalue weighted by atomic mass is 10.1. The number of ether oxygens (including phenoxy) is 1. The molecule has 0 radical (unpaired) electrons. The highest BCUT2D eigenvalue weighted by atomic mass is 35.5. The van der Waals surface area contributed by atoms with Crippen LogP contribution in [0.1, 0.15) is 11.1 Å². The standard InChI is InChI=1S/C18H16ClN5O4S/c19-14-5-15-16(28-9-18(25)23-15)6-17(14)29(26,27)22-7-12-3-1-2-4-13(12)8-24-11-20-10-21-24/h1-6,10-11,22H,7-9H2,(H,23,25). The number of anilines is 1. The zero-order valence-electron chi connectivity index (χ0n) is 15.0. The number of carbonyl (C=O) groups is 1. The summed E-state index contributed by atoms with van der Waals surface area (Å²) < 4.78 is 35.2. The minimum absolute atomic E-state index is 0.0158. The van der Waals surface area contributed by atoms with E-state index >= 15 is 0 Å². The lowest BCUT2D eigenvalue weighted by Crippen LogP contribution is -2.27. The number of sulfonamides is 1. The normalized spacial score (nSPS) is 13.5. The van der Waals surface area contributed by atoms with Crippen molar-refractivity contribution < 1.29 is 17.9 Å². The predicted octanol–water partition coefficient (Wildman–Crippen LogP) is 1.79. The van der Waals surface area contributed by atoms with E-state index in [1.54, 1.807) is 11.0 Å². The Morgan fingerprint density at radius 2 is 2.03 bits per heavy atom. The number of amides is 1. The number of hydrogen-bond acceptors (Lipinski definition) is 6. The van der Waals surface area contributed by atoms with Crippen LogP contribution < -0.4 is 14.8 Å². The van der Waals surface area contributed by atoms with Crippen molar-refractivity contribution in [2.45, 2.75) is 18.0 Å². The molecule has 1 aromatic heterocycles. The first-order valence-electron chi connectivity index (χ1n) is 8.57. The van der Waals surface area contributed by atoms with Gasteiger partial charge < -0.3 is 10.1 Å². The Labute approximate surface area is 171 Å². The molecule has 1 aliphatic rings. The molecule has 150 valence electrons. The van der Waals surface area contributed by atoms with Gasteiger partial charge in [-0.05, 0) is 17.2 Å². The van der Waals surface area contributed by atoms with Crippen LogP contribution in [0, 0.1) is 0 Å². The van der Waals surface area contributed by atoms with Crippen molar-refractivity contribution in [3.05, 3.63) is 65.2 Å². The largest absolute Gasteiger partial charge is 0.482 e. The van der Waals surface area contributed by atoms with Crippen molar-refractivity contribution >= 4 is 33.2 Å². The first-order chi connectivity index (χ1) is 13.9. The minimum Gasteiger partial charge on any atom is -0.482 e. The lowest BCUT2D eigenvalue weighted by Gasteiger charge is -2.19. The quantitative estimate of drug-likeness (QED) is 0.612. The number of carbonyl (C=O) groups excluding carboxylic acids is 1. The molecule has 0 fully saturated rings. The first-order valence-corrected chi connectivity index (χ1v) is 10.4. The van der Waals surface area contributed by atoms with Crippen LogP contribution in [0.4, 0.5) is 5.69 Å². The van der Waals surface area contributed by atoms with Crippen LogP contribution in [0.25, 0.3) is 0 Å². The van der Waals surface area contributed by atoms with Crippen LogP contribution in [0.2, 0.25) is 5.02 Å². The number of fused-ring (bicyclic) bond motifs is 1. The van der Waals surface area contributed by atoms with Crippen LogP contribution in [0.15, 0.2) is 53.9 Å². The maximum atomic E-state index is 12.8. The first kappa shape index (κ1) is 19.4. The summed E-state index contributed by atoms with van der Waals surface area (Å²) >= 11 is 6.16. The van der Waals surface area contributed by atoms with Crippen molar-refractivity contribution in [1.29, 1.82) is 0 Å². The Bertz CT molecular complexity index is 1160. The van der Waals surface area contributed by atoms with Gasteiger partial charge in [0, 0.05) is 12.6 Å². The molecular weight excluding hydrogens is 418 g/mol. The van der Waals surface area contributed by atoms with E-state index in [4.69, 9.17) is 16.3 Å². The van der Waals surface area contributed by atoms with Crippen molar-refractivity contribution in [1.82, 2.24) is 19.5 Å². The second-order valence-corrected chi connectivity index (χ2v) is 8.44. The summed E-state index contributed by atoms with van der Waals surface area (Å²) in [6.07, 6.45) is 3.03. The van der Waals surface area contributed by atoms with Gasteiger partial charge in [-0.1, -0.05) is 35.9 Å². The van der Waals surface area contributed by atoms with Crippen LogP contribution in [-0.2, 0) is 27.9 Å². The Balaban J connectivity index is 1.55. The fourth-order valence-electron chi connectivity index (χ4n) is 2.91. The van der Waals surface area contributed by atoms with Crippen molar-refractivity contribution in [3.8, 4) is 5.75 Å². The van der Waals surface area contributed by atoms with E-state index in [2.05, 4.69) is 20.1 Å². The number of halogens is 1. The van der Waals surface area contributed by atoms with Gasteiger partial charge in [-0.25, -0.2) is 22.8 Å². The molecule has 11 heteroatoms. The number of hydrogen-bond donors (Lipinski definition) is 2. The SMILES string of the molecule is O=C1COc2cc(S(=O)(=O)NCc3ccccc3Cn3cncn3)c(Cl)cc2N1. The smallest absolute Gasteiger partial charge is 0.262 e. The van der Waals surface area contributed by atoms with E-state index < -0.39 is 10.0 Å². The third-order valence-electron chi connectivity index (χ3n) is 4.33. The zero-order valence-corrected chi connectivity index (χ0v) is 16.6. The number of benzene rings is 2. The second-order valence-electron chi connectivity index (χ2n) is 6.30. The Kier molecular flexibility index (Phi) is 5.22. The van der Waals surface area contributed by atoms with Gasteiger partial charge in [0.25, 0.3) is 5.91 Å². The summed E-state index contributed by atoms with van der Waals surface area (Å²) in [5.41, 5.74) is 2.04. The van der Waals surface area contributed by atoms with Gasteiger partial charge in [0.1, 0.15) is 23.3 Å². The van der Waals surface area contributed by atoms with Gasteiger partial charge >= 0.3 is 0 Å². The van der Waals surface area contributed by atoms with Gasteiger partial charge in [-0.3, -0.25) is 4.79 Å². The molecule has 2 aromatic carbocycles. The van der Waals surface area contributed by atoms with Gasteiger partial charge in [0.2, 0.25) is 10.0 Å². The van der Waals surface area contributed by atoms with Crippen molar-refractivity contribution in [2.75, 3.05) is 11.9 Å². The van der Waals surface area contributed by atoms with Gasteiger partial charge in [-0.15, -0.1) is 0 Å². The van der Waals surface area contributed by atoms with E-state index in [-0.39, 0.29) is 34.7 Å². The van der Waals surface area contributed by atoms with Crippen molar-refractivity contribution in [2.24, 2.45) is 0 Å². The zero-order chi connectivity index (χ0) is 20.4. The Morgan fingerprint density at radius 3 is 2.79 bits per heavy atom. The molecule has 0 saturated heterocycles. The summed E-state index contributed by atoms with van der Waals surface area (Å²) in [5.74, 6) is -0.0766. The molecule has 1 aliphatic heterocycles. The van der Waals surface area contributed by atoms with E-state index in [9.17, 15) is 13.2 Å². The van der Waals surface area contributed by atoms with Crippen LogP contribution in [0.3, 0.4) is 0 Å². The summed E-state index contributed by atoms with van der Waals surface area (Å²) in [7, 11) is -3.92. The summed E-state index contributed by atoms with van der Waals surface area (Å²) in [6.45, 7) is 0.348. The average Bonchev–Trinajstić information content (AvgIpc) is 3.20. The van der Waals surface area contributed by atoms with Gasteiger partial charge in [-0.2, -0.15) is 5.10 Å². The number of nitrogens with one attached hydrogen (secondary N) is 2. The molecule has 29 heavy (non-hydrogen) atoms. The highest BCUT2D eigenvalue weighted by Crippen LogP contribution is 2.35. The topological polar surface area (TPSA) is 115 Å². The molecule has 0 aliphatic carbocycles. The summed E-state index contributed by atoms with van der Waals surface area (Å²) in [6, 6.07) is 10.1. The molecule has 3 aromatic rings. The van der Waals surface area contributed by atoms with Crippen molar-refractivity contribution in [3.63, 3.8) is 0 Å². The molecule has 0 saturated carbocycles. The highest BCUT2D eigenvalue weighted by molar-refractivity contribution is 7.89. The molecule has 0 bridgehead atoms. The molecule has 0 atom stereocenters. The lowest BCUT2D eigenvalue weighted by molar-refractivity contribution is -0.118. The molecule has 4 rings (SSSR count). The van der Waals surface area contributed by atoms with E-state index in [1.807, 2.05) is 24.3 Å².